The molecule has 1 heterocycles. The van der Waals surface area contributed by atoms with Crippen LogP contribution in [0, 0.1) is 11.3 Å². The zero-order valence-electron chi connectivity index (χ0n) is 15.5. The number of nitrogens with zero attached hydrogens (tertiary/aromatic N) is 3. The van der Waals surface area contributed by atoms with Crippen molar-refractivity contribution < 1.29 is 8.42 Å². The van der Waals surface area contributed by atoms with Gasteiger partial charge < -0.3 is 0 Å². The molecule has 28 heavy (non-hydrogen) atoms. The third-order valence-electron chi connectivity index (χ3n) is 4.19. The lowest BCUT2D eigenvalue weighted by atomic mass is 10.00. The molecule has 0 aliphatic heterocycles. The Morgan fingerprint density at radius 1 is 1.04 bits per heavy atom. The van der Waals surface area contributed by atoms with E-state index in [-0.39, 0.29) is 4.90 Å². The first-order chi connectivity index (χ1) is 13.4. The number of benzene rings is 2. The highest BCUT2D eigenvalue weighted by atomic mass is 32.2. The second-order valence-electron chi connectivity index (χ2n) is 6.26. The fourth-order valence-electron chi connectivity index (χ4n) is 2.59. The number of sulfonamides is 1. The van der Waals surface area contributed by atoms with E-state index in [2.05, 4.69) is 11.1 Å². The molecule has 0 atom stereocenters. The molecule has 0 fully saturated rings. The first-order valence-corrected chi connectivity index (χ1v) is 10.9. The van der Waals surface area contributed by atoms with Crippen LogP contribution in [0.1, 0.15) is 11.1 Å². The van der Waals surface area contributed by atoms with Gasteiger partial charge in [-0.05, 0) is 34.9 Å². The Balaban J connectivity index is 1.68. The average molecular weight is 410 g/mol. The minimum absolute atomic E-state index is 0.183. The third kappa shape index (κ3) is 4.42. The lowest BCUT2D eigenvalue weighted by Gasteiger charge is -2.11. The summed E-state index contributed by atoms with van der Waals surface area (Å²) in [6.45, 7) is 0. The summed E-state index contributed by atoms with van der Waals surface area (Å²) in [5, 5.41) is 10.0. The Bertz CT molecular complexity index is 1100. The second-order valence-corrected chi connectivity index (χ2v) is 9.41. The monoisotopic (exact) mass is 409 g/mol. The predicted octanol–water partition coefficient (Wildman–Crippen LogP) is 4.16. The van der Waals surface area contributed by atoms with Crippen molar-refractivity contribution in [3.8, 4) is 17.2 Å². The van der Waals surface area contributed by atoms with Crippen molar-refractivity contribution in [3.05, 3.63) is 78.0 Å². The molecule has 0 saturated carbocycles. The van der Waals surface area contributed by atoms with Crippen LogP contribution in [-0.2, 0) is 15.8 Å². The molecule has 0 aliphatic rings. The quantitative estimate of drug-likeness (QED) is 0.572. The summed E-state index contributed by atoms with van der Waals surface area (Å²) in [6.07, 6.45) is 1.39. The molecule has 0 saturated heterocycles. The van der Waals surface area contributed by atoms with E-state index in [0.29, 0.717) is 11.3 Å². The molecule has 3 rings (SSSR count). The highest BCUT2D eigenvalue weighted by molar-refractivity contribution is 7.98. The van der Waals surface area contributed by atoms with Gasteiger partial charge in [-0.3, -0.25) is 0 Å². The Morgan fingerprint density at radius 3 is 2.36 bits per heavy atom. The topological polar surface area (TPSA) is 74.1 Å². The van der Waals surface area contributed by atoms with Gasteiger partial charge in [0, 0.05) is 26.0 Å². The van der Waals surface area contributed by atoms with E-state index in [9.17, 15) is 13.7 Å². The summed E-state index contributed by atoms with van der Waals surface area (Å²) in [6, 6.07) is 21.1. The number of rotatable bonds is 6. The third-order valence-corrected chi connectivity index (χ3v) is 7.00. The molecule has 0 amide bonds. The Morgan fingerprint density at radius 2 is 1.75 bits per heavy atom. The van der Waals surface area contributed by atoms with E-state index in [0.717, 1.165) is 21.7 Å². The van der Waals surface area contributed by atoms with Crippen LogP contribution in [0.4, 0.5) is 0 Å². The van der Waals surface area contributed by atoms with E-state index >= 15 is 0 Å². The molecule has 0 radical (unpaired) electrons. The molecule has 7 heteroatoms. The predicted molar refractivity (Wildman–Crippen MR) is 111 cm³/mol. The van der Waals surface area contributed by atoms with Gasteiger partial charge in [0.15, 0.2) is 0 Å². The Hall–Kier alpha value is -2.66. The van der Waals surface area contributed by atoms with Gasteiger partial charge in [-0.25, -0.2) is 17.7 Å². The molecule has 3 aromatic rings. The van der Waals surface area contributed by atoms with Crippen LogP contribution in [0.5, 0.6) is 0 Å². The van der Waals surface area contributed by atoms with E-state index in [1.54, 1.807) is 12.1 Å². The van der Waals surface area contributed by atoms with Crippen molar-refractivity contribution in [1.29, 1.82) is 5.26 Å². The maximum absolute atomic E-state index is 12.1. The van der Waals surface area contributed by atoms with E-state index < -0.39 is 10.0 Å². The molecule has 2 aromatic carbocycles. The lowest BCUT2D eigenvalue weighted by molar-refractivity contribution is 0.520. The summed E-state index contributed by atoms with van der Waals surface area (Å²) in [7, 11) is -0.466. The lowest BCUT2D eigenvalue weighted by Crippen LogP contribution is -2.22. The smallest absolute Gasteiger partial charge is 0.244 e. The molecule has 0 unspecified atom stereocenters. The molecule has 0 spiro atoms. The van der Waals surface area contributed by atoms with E-state index in [1.165, 1.54) is 36.4 Å². The summed E-state index contributed by atoms with van der Waals surface area (Å²) in [4.78, 5) is 4.43. The highest BCUT2D eigenvalue weighted by Gasteiger charge is 2.17. The second kappa shape index (κ2) is 8.57. The van der Waals surface area contributed by atoms with Crippen LogP contribution < -0.4 is 0 Å². The SMILES string of the molecule is CN(C)S(=O)(=O)c1ccc(SCc2ccc(-c3ccccc3C#N)cc2)nc1. The largest absolute Gasteiger partial charge is 0.249 e. The molecule has 0 bridgehead atoms. The summed E-state index contributed by atoms with van der Waals surface area (Å²) in [5.41, 5.74) is 3.70. The van der Waals surface area contributed by atoms with Crippen molar-refractivity contribution >= 4 is 21.8 Å². The molecule has 0 N–H and O–H groups in total. The van der Waals surface area contributed by atoms with Gasteiger partial charge in [0.25, 0.3) is 0 Å². The van der Waals surface area contributed by atoms with Crippen molar-refractivity contribution in [1.82, 2.24) is 9.29 Å². The normalized spacial score (nSPS) is 11.4. The van der Waals surface area contributed by atoms with Crippen LogP contribution in [0.3, 0.4) is 0 Å². The fourth-order valence-corrected chi connectivity index (χ4v) is 4.23. The maximum Gasteiger partial charge on any atom is 0.244 e. The van der Waals surface area contributed by atoms with Crippen molar-refractivity contribution in [2.75, 3.05) is 14.1 Å². The van der Waals surface area contributed by atoms with Crippen molar-refractivity contribution in [3.63, 3.8) is 0 Å². The fraction of sp³-hybridized carbons (Fsp3) is 0.143. The van der Waals surface area contributed by atoms with Gasteiger partial charge in [-0.1, -0.05) is 42.5 Å². The first kappa shape index (κ1) is 20.1. The zero-order valence-corrected chi connectivity index (χ0v) is 17.2. The molecule has 0 aliphatic carbocycles. The minimum atomic E-state index is -3.46. The van der Waals surface area contributed by atoms with Crippen LogP contribution >= 0.6 is 11.8 Å². The van der Waals surface area contributed by atoms with Gasteiger partial charge in [0.2, 0.25) is 10.0 Å². The molecule has 142 valence electrons. The zero-order chi connectivity index (χ0) is 20.1. The maximum atomic E-state index is 12.1. The minimum Gasteiger partial charge on any atom is -0.249 e. The number of aromatic nitrogens is 1. The van der Waals surface area contributed by atoms with Gasteiger partial charge >= 0.3 is 0 Å². The Labute approximate surface area is 169 Å². The van der Waals surface area contributed by atoms with Crippen LogP contribution in [0.2, 0.25) is 0 Å². The molecule has 5 nitrogen and oxygen atoms in total. The molecular formula is C21H19N3O2S2. The number of thioether (sulfide) groups is 1. The number of hydrogen-bond acceptors (Lipinski definition) is 5. The summed E-state index contributed by atoms with van der Waals surface area (Å²) < 4.78 is 25.3. The molecule has 1 aromatic heterocycles. The summed E-state index contributed by atoms with van der Waals surface area (Å²) >= 11 is 1.54. The van der Waals surface area contributed by atoms with Crippen LogP contribution in [0.25, 0.3) is 11.1 Å². The van der Waals surface area contributed by atoms with Gasteiger partial charge in [0.05, 0.1) is 16.7 Å². The standard InChI is InChI=1S/C21H19N3O2S2/c1-24(2)28(25,26)19-11-12-21(23-14-19)27-15-16-7-9-17(10-8-16)20-6-4-3-5-18(20)13-22/h3-12,14H,15H2,1-2H3. The number of pyridine rings is 1. The summed E-state index contributed by atoms with van der Waals surface area (Å²) in [5.74, 6) is 0.715. The molecular weight excluding hydrogens is 390 g/mol. The van der Waals surface area contributed by atoms with Crippen LogP contribution in [0.15, 0.2) is 76.8 Å². The average Bonchev–Trinajstić information content (AvgIpc) is 2.73. The number of nitriles is 1. The van der Waals surface area contributed by atoms with E-state index in [4.69, 9.17) is 0 Å². The van der Waals surface area contributed by atoms with Crippen LogP contribution in [-0.4, -0.2) is 31.8 Å². The van der Waals surface area contributed by atoms with Gasteiger partial charge in [-0.2, -0.15) is 5.26 Å². The van der Waals surface area contributed by atoms with Crippen molar-refractivity contribution in [2.24, 2.45) is 0 Å². The van der Waals surface area contributed by atoms with E-state index in [1.807, 2.05) is 48.5 Å². The van der Waals surface area contributed by atoms with Gasteiger partial charge in [0.1, 0.15) is 4.90 Å². The van der Waals surface area contributed by atoms with Crippen molar-refractivity contribution in [2.45, 2.75) is 15.7 Å². The Kier molecular flexibility index (Phi) is 6.15. The van der Waals surface area contributed by atoms with Gasteiger partial charge in [-0.15, -0.1) is 11.8 Å². The first-order valence-electron chi connectivity index (χ1n) is 8.51. The number of hydrogen-bond donors (Lipinski definition) is 0. The highest BCUT2D eigenvalue weighted by Crippen LogP contribution is 2.26.